The minimum Gasteiger partial charge on any atom is -0.339 e. The van der Waals surface area contributed by atoms with Crippen LogP contribution in [-0.4, -0.2) is 73.6 Å². The van der Waals surface area contributed by atoms with Gasteiger partial charge in [-0.1, -0.05) is 20.8 Å². The smallest absolute Gasteiger partial charge is 0.257 e. The molecule has 2 aliphatic heterocycles. The third-order valence-electron chi connectivity index (χ3n) is 7.12. The summed E-state index contributed by atoms with van der Waals surface area (Å²) in [6, 6.07) is 6.09. The van der Waals surface area contributed by atoms with Gasteiger partial charge >= 0.3 is 0 Å². The second-order valence-corrected chi connectivity index (χ2v) is 12.8. The first-order valence-corrected chi connectivity index (χ1v) is 15.6. The van der Waals surface area contributed by atoms with Gasteiger partial charge in [0.05, 0.1) is 10.5 Å². The summed E-state index contributed by atoms with van der Waals surface area (Å²) in [5, 5.41) is 3.59. The molecule has 0 unspecified atom stereocenters. The third kappa shape index (κ3) is 5.92. The lowest BCUT2D eigenvalue weighted by Crippen LogP contribution is -2.35. The van der Waals surface area contributed by atoms with Crippen molar-refractivity contribution in [3.63, 3.8) is 0 Å². The number of anilines is 1. The van der Waals surface area contributed by atoms with Crippen molar-refractivity contribution in [1.29, 1.82) is 0 Å². The van der Waals surface area contributed by atoms with Crippen molar-refractivity contribution in [3.05, 3.63) is 45.8 Å². The quantitative estimate of drug-likeness (QED) is 0.476. The highest BCUT2D eigenvalue weighted by molar-refractivity contribution is 7.89. The minimum absolute atomic E-state index is 0.0199. The zero-order valence-electron chi connectivity index (χ0n) is 22.1. The molecule has 3 heterocycles. The molecular weight excluding hydrogens is 508 g/mol. The normalized spacial score (nSPS) is 16.5. The molecule has 0 aliphatic carbocycles. The molecule has 1 fully saturated rings. The summed E-state index contributed by atoms with van der Waals surface area (Å²) < 4.78 is 27.2. The van der Waals surface area contributed by atoms with Gasteiger partial charge in [0.2, 0.25) is 10.0 Å². The molecule has 0 radical (unpaired) electrons. The van der Waals surface area contributed by atoms with Crippen LogP contribution < -0.4 is 5.32 Å². The van der Waals surface area contributed by atoms with E-state index in [9.17, 15) is 18.0 Å². The molecule has 4 rings (SSSR count). The first-order chi connectivity index (χ1) is 17.8. The third-order valence-corrected chi connectivity index (χ3v) is 10.2. The minimum atomic E-state index is -3.54. The van der Waals surface area contributed by atoms with Crippen molar-refractivity contribution in [3.8, 4) is 0 Å². The van der Waals surface area contributed by atoms with Crippen molar-refractivity contribution < 1.29 is 18.0 Å². The molecule has 202 valence electrons. The summed E-state index contributed by atoms with van der Waals surface area (Å²) >= 11 is 1.49. The largest absolute Gasteiger partial charge is 0.339 e. The Kier molecular flexibility index (Phi) is 9.05. The van der Waals surface area contributed by atoms with Crippen LogP contribution in [0.5, 0.6) is 0 Å². The second-order valence-electron chi connectivity index (χ2n) is 9.71. The number of carbonyl (C=O) groups excluding carboxylic acids is 2. The van der Waals surface area contributed by atoms with Crippen LogP contribution in [0.15, 0.2) is 29.2 Å². The molecule has 2 amide bonds. The van der Waals surface area contributed by atoms with Crippen LogP contribution in [0.25, 0.3) is 0 Å². The summed E-state index contributed by atoms with van der Waals surface area (Å²) in [5.41, 5.74) is 2.04. The van der Waals surface area contributed by atoms with E-state index in [0.717, 1.165) is 62.2 Å². The maximum Gasteiger partial charge on any atom is 0.257 e. The van der Waals surface area contributed by atoms with E-state index in [-0.39, 0.29) is 16.7 Å². The Labute approximate surface area is 224 Å². The average molecular weight is 547 g/mol. The summed E-state index contributed by atoms with van der Waals surface area (Å²) in [4.78, 5) is 32.5. The van der Waals surface area contributed by atoms with E-state index in [2.05, 4.69) is 31.0 Å². The summed E-state index contributed by atoms with van der Waals surface area (Å²) in [6.07, 6.45) is 4.27. The number of likely N-dealkylation sites (N-methyl/N-ethyl adjacent to an activating group) is 1. The number of rotatable bonds is 10. The molecule has 1 saturated heterocycles. The number of fused-ring (bicyclic) bond motifs is 1. The predicted molar refractivity (Wildman–Crippen MR) is 148 cm³/mol. The molecule has 10 heteroatoms. The highest BCUT2D eigenvalue weighted by Crippen LogP contribution is 2.38. The summed E-state index contributed by atoms with van der Waals surface area (Å²) in [5.74, 6) is -0.365. The van der Waals surface area contributed by atoms with Gasteiger partial charge in [-0.15, -0.1) is 11.3 Å². The lowest BCUT2D eigenvalue weighted by molar-refractivity contribution is 0.0755. The van der Waals surface area contributed by atoms with Gasteiger partial charge in [-0.2, -0.15) is 4.31 Å². The van der Waals surface area contributed by atoms with Gasteiger partial charge in [-0.3, -0.25) is 14.5 Å². The Morgan fingerprint density at radius 1 is 1.00 bits per heavy atom. The van der Waals surface area contributed by atoms with Gasteiger partial charge in [0.25, 0.3) is 11.8 Å². The number of carbonyl (C=O) groups is 2. The van der Waals surface area contributed by atoms with E-state index < -0.39 is 10.0 Å². The molecule has 2 aliphatic rings. The maximum atomic E-state index is 13.7. The van der Waals surface area contributed by atoms with Gasteiger partial charge in [-0.25, -0.2) is 8.42 Å². The Morgan fingerprint density at radius 2 is 1.65 bits per heavy atom. The first kappa shape index (κ1) is 27.8. The molecule has 1 N–H and O–H groups in total. The van der Waals surface area contributed by atoms with E-state index >= 15 is 0 Å². The van der Waals surface area contributed by atoms with E-state index in [4.69, 9.17) is 0 Å². The van der Waals surface area contributed by atoms with E-state index in [1.54, 1.807) is 12.1 Å². The van der Waals surface area contributed by atoms with Crippen molar-refractivity contribution in [1.82, 2.24) is 14.1 Å². The Hall–Kier alpha value is -2.27. The molecule has 0 bridgehead atoms. The van der Waals surface area contributed by atoms with Crippen LogP contribution in [0.3, 0.4) is 0 Å². The lowest BCUT2D eigenvalue weighted by Gasteiger charge is -2.27. The second kappa shape index (κ2) is 12.1. The lowest BCUT2D eigenvalue weighted by atomic mass is 10.0. The predicted octanol–water partition coefficient (Wildman–Crippen LogP) is 4.43. The first-order valence-electron chi connectivity index (χ1n) is 13.4. The standard InChI is InChI=1S/C27H38N4O4S2/c1-4-14-30(15-5-2)27(33)24-22-13-18-29(6-3)19-23(22)36-26(24)28-25(32)20-9-11-21(12-10-20)37(34,35)31-16-7-8-17-31/h9-12H,4-8,13-19H2,1-3H3,(H,28,32). The summed E-state index contributed by atoms with van der Waals surface area (Å²) in [6.45, 7) is 11.3. The van der Waals surface area contributed by atoms with Crippen LogP contribution in [0.4, 0.5) is 5.00 Å². The van der Waals surface area contributed by atoms with Crippen molar-refractivity contribution in [2.45, 2.75) is 64.3 Å². The number of thiophene rings is 1. The number of sulfonamides is 1. The van der Waals surface area contributed by atoms with Crippen LogP contribution in [-0.2, 0) is 23.0 Å². The van der Waals surface area contributed by atoms with Gasteiger partial charge in [0.1, 0.15) is 5.00 Å². The highest BCUT2D eigenvalue weighted by Gasteiger charge is 2.31. The van der Waals surface area contributed by atoms with Gasteiger partial charge in [0, 0.05) is 49.7 Å². The number of hydrogen-bond acceptors (Lipinski definition) is 6. The van der Waals surface area contributed by atoms with Crippen molar-refractivity contribution in [2.75, 3.05) is 44.6 Å². The molecule has 37 heavy (non-hydrogen) atoms. The zero-order chi connectivity index (χ0) is 26.6. The van der Waals surface area contributed by atoms with Crippen molar-refractivity contribution >= 4 is 38.2 Å². The molecule has 0 saturated carbocycles. The fourth-order valence-corrected chi connectivity index (χ4v) is 7.88. The monoisotopic (exact) mass is 546 g/mol. The van der Waals surface area contributed by atoms with E-state index in [1.807, 2.05) is 4.90 Å². The topological polar surface area (TPSA) is 90.0 Å². The maximum absolute atomic E-state index is 13.7. The number of nitrogens with one attached hydrogen (secondary N) is 1. The zero-order valence-corrected chi connectivity index (χ0v) is 23.7. The fourth-order valence-electron chi connectivity index (χ4n) is 5.08. The van der Waals surface area contributed by atoms with Gasteiger partial charge in [0.15, 0.2) is 0 Å². The molecule has 0 spiro atoms. The van der Waals surface area contributed by atoms with Crippen LogP contribution in [0, 0.1) is 0 Å². The number of benzene rings is 1. The van der Waals surface area contributed by atoms with Crippen LogP contribution in [0.2, 0.25) is 0 Å². The molecule has 0 atom stereocenters. The molecular formula is C27H38N4O4S2. The number of nitrogens with zero attached hydrogens (tertiary/aromatic N) is 3. The highest BCUT2D eigenvalue weighted by atomic mass is 32.2. The summed E-state index contributed by atoms with van der Waals surface area (Å²) in [7, 11) is -3.54. The molecule has 8 nitrogen and oxygen atoms in total. The van der Waals surface area contributed by atoms with E-state index in [0.29, 0.717) is 42.3 Å². The van der Waals surface area contributed by atoms with E-state index in [1.165, 1.54) is 27.8 Å². The number of amides is 2. The van der Waals surface area contributed by atoms with Gasteiger partial charge < -0.3 is 10.2 Å². The Morgan fingerprint density at radius 3 is 2.24 bits per heavy atom. The molecule has 1 aromatic heterocycles. The fraction of sp³-hybridized carbons (Fsp3) is 0.556. The Balaban J connectivity index is 1.61. The number of hydrogen-bond donors (Lipinski definition) is 1. The molecule has 2 aromatic rings. The molecule has 1 aromatic carbocycles. The SMILES string of the molecule is CCCN(CCC)C(=O)c1c(NC(=O)c2ccc(S(=O)(=O)N3CCCC3)cc2)sc2c1CCN(CC)C2. The Bertz CT molecular complexity index is 1210. The van der Waals surface area contributed by atoms with Gasteiger partial charge in [-0.05, 0) is 68.5 Å². The van der Waals surface area contributed by atoms with Crippen LogP contribution >= 0.6 is 11.3 Å². The van der Waals surface area contributed by atoms with Crippen molar-refractivity contribution in [2.24, 2.45) is 0 Å². The van der Waals surface area contributed by atoms with Crippen LogP contribution in [0.1, 0.15) is 77.6 Å². The average Bonchev–Trinajstić information content (AvgIpc) is 3.56.